The van der Waals surface area contributed by atoms with Gasteiger partial charge in [-0.3, -0.25) is 0 Å². The van der Waals surface area contributed by atoms with E-state index in [0.29, 0.717) is 5.56 Å². The molecule has 1 heterocycles. The van der Waals surface area contributed by atoms with Gasteiger partial charge in [-0.05, 0) is 18.1 Å². The average molecular weight is 198 g/mol. The van der Waals surface area contributed by atoms with Crippen LogP contribution in [0.2, 0.25) is 0 Å². The Morgan fingerprint density at radius 2 is 2.33 bits per heavy atom. The highest BCUT2D eigenvalue weighted by Crippen LogP contribution is 2.17. The SMILES string of the molecule is CCc1cccc(-n2ccnn2)c1C#N. The van der Waals surface area contributed by atoms with E-state index in [4.69, 9.17) is 5.26 Å². The number of hydrogen-bond donors (Lipinski definition) is 0. The van der Waals surface area contributed by atoms with Crippen LogP contribution in [0.5, 0.6) is 0 Å². The lowest BCUT2D eigenvalue weighted by atomic mass is 10.0. The van der Waals surface area contributed by atoms with Crippen molar-refractivity contribution >= 4 is 0 Å². The van der Waals surface area contributed by atoms with E-state index in [1.807, 2.05) is 25.1 Å². The Morgan fingerprint density at radius 3 is 2.93 bits per heavy atom. The van der Waals surface area contributed by atoms with Crippen molar-refractivity contribution in [2.45, 2.75) is 13.3 Å². The molecule has 2 rings (SSSR count). The Hall–Kier alpha value is -2.15. The lowest BCUT2D eigenvalue weighted by Crippen LogP contribution is -2.01. The molecule has 0 atom stereocenters. The fraction of sp³-hybridized carbons (Fsp3) is 0.182. The van der Waals surface area contributed by atoms with Gasteiger partial charge in [0.15, 0.2) is 0 Å². The maximum atomic E-state index is 9.12. The van der Waals surface area contributed by atoms with E-state index in [1.165, 1.54) is 0 Å². The minimum Gasteiger partial charge on any atom is -0.219 e. The summed E-state index contributed by atoms with van der Waals surface area (Å²) in [5, 5.41) is 16.7. The number of aromatic nitrogens is 3. The van der Waals surface area contributed by atoms with Crippen LogP contribution in [0.15, 0.2) is 30.6 Å². The minimum absolute atomic E-state index is 0.672. The molecule has 0 saturated heterocycles. The van der Waals surface area contributed by atoms with Crippen LogP contribution in [0.4, 0.5) is 0 Å². The van der Waals surface area contributed by atoms with E-state index < -0.39 is 0 Å². The second-order valence-electron chi connectivity index (χ2n) is 3.12. The van der Waals surface area contributed by atoms with Gasteiger partial charge >= 0.3 is 0 Å². The van der Waals surface area contributed by atoms with Crippen molar-refractivity contribution in [2.24, 2.45) is 0 Å². The van der Waals surface area contributed by atoms with Crippen molar-refractivity contribution in [2.75, 3.05) is 0 Å². The number of nitriles is 1. The van der Waals surface area contributed by atoms with Gasteiger partial charge in [0.05, 0.1) is 23.6 Å². The highest BCUT2D eigenvalue weighted by molar-refractivity contribution is 5.52. The van der Waals surface area contributed by atoms with Gasteiger partial charge in [-0.15, -0.1) is 5.10 Å². The van der Waals surface area contributed by atoms with E-state index >= 15 is 0 Å². The van der Waals surface area contributed by atoms with Gasteiger partial charge in [-0.1, -0.05) is 24.3 Å². The van der Waals surface area contributed by atoms with Crippen molar-refractivity contribution < 1.29 is 0 Å². The minimum atomic E-state index is 0.672. The van der Waals surface area contributed by atoms with Gasteiger partial charge < -0.3 is 0 Å². The summed E-state index contributed by atoms with van der Waals surface area (Å²) in [5.74, 6) is 0. The summed E-state index contributed by atoms with van der Waals surface area (Å²) in [6.45, 7) is 2.03. The van der Waals surface area contributed by atoms with Gasteiger partial charge in [0.25, 0.3) is 0 Å². The zero-order valence-corrected chi connectivity index (χ0v) is 8.38. The summed E-state index contributed by atoms with van der Waals surface area (Å²) in [6.07, 6.45) is 4.17. The van der Waals surface area contributed by atoms with Crippen molar-refractivity contribution in [1.29, 1.82) is 5.26 Å². The molecule has 0 fully saturated rings. The monoisotopic (exact) mass is 198 g/mol. The molecule has 0 radical (unpaired) electrons. The molecule has 0 amide bonds. The lowest BCUT2D eigenvalue weighted by molar-refractivity contribution is 0.799. The molecule has 0 saturated carbocycles. The van der Waals surface area contributed by atoms with E-state index in [-0.39, 0.29) is 0 Å². The van der Waals surface area contributed by atoms with Crippen LogP contribution in [-0.4, -0.2) is 15.0 Å². The van der Waals surface area contributed by atoms with E-state index in [1.54, 1.807) is 17.1 Å². The summed E-state index contributed by atoms with van der Waals surface area (Å²) in [7, 11) is 0. The first-order chi connectivity index (χ1) is 7.36. The molecule has 15 heavy (non-hydrogen) atoms. The third kappa shape index (κ3) is 1.59. The van der Waals surface area contributed by atoms with E-state index in [0.717, 1.165) is 17.7 Å². The zero-order valence-electron chi connectivity index (χ0n) is 8.38. The quantitative estimate of drug-likeness (QED) is 0.738. The molecule has 0 aliphatic carbocycles. The molecule has 0 aliphatic rings. The maximum absolute atomic E-state index is 9.12. The summed E-state index contributed by atoms with van der Waals surface area (Å²) in [6, 6.07) is 7.97. The van der Waals surface area contributed by atoms with E-state index in [2.05, 4.69) is 16.4 Å². The maximum Gasteiger partial charge on any atom is 0.102 e. The highest BCUT2D eigenvalue weighted by Gasteiger charge is 2.08. The third-order valence-electron chi connectivity index (χ3n) is 2.29. The van der Waals surface area contributed by atoms with E-state index in [9.17, 15) is 0 Å². The van der Waals surface area contributed by atoms with Gasteiger partial charge in [0, 0.05) is 0 Å². The van der Waals surface area contributed by atoms with Crippen molar-refractivity contribution in [3.8, 4) is 11.8 Å². The molecular formula is C11H10N4. The Labute approximate surface area is 87.8 Å². The number of benzene rings is 1. The number of aryl methyl sites for hydroxylation is 1. The Balaban J connectivity index is 2.63. The molecular weight excluding hydrogens is 188 g/mol. The molecule has 1 aromatic carbocycles. The molecule has 0 bridgehead atoms. The Kier molecular flexibility index (Phi) is 2.46. The number of hydrogen-bond acceptors (Lipinski definition) is 3. The molecule has 0 N–H and O–H groups in total. The van der Waals surface area contributed by atoms with Crippen LogP contribution in [0.25, 0.3) is 5.69 Å². The normalized spacial score (nSPS) is 9.87. The molecule has 4 heteroatoms. The van der Waals surface area contributed by atoms with Gasteiger partial charge in [-0.25, -0.2) is 4.68 Å². The first-order valence-electron chi connectivity index (χ1n) is 4.75. The smallest absolute Gasteiger partial charge is 0.102 e. The van der Waals surface area contributed by atoms with Gasteiger partial charge in [0.2, 0.25) is 0 Å². The fourth-order valence-electron chi connectivity index (χ4n) is 1.54. The summed E-state index contributed by atoms with van der Waals surface area (Å²) in [5.41, 5.74) is 2.49. The second-order valence-corrected chi connectivity index (χ2v) is 3.12. The van der Waals surface area contributed by atoms with Crippen molar-refractivity contribution in [1.82, 2.24) is 15.0 Å². The summed E-state index contributed by atoms with van der Waals surface area (Å²) >= 11 is 0. The standard InChI is InChI=1S/C11H10N4/c1-2-9-4-3-5-11(10(9)8-12)15-7-6-13-14-15/h3-7H,2H2,1H3. The molecule has 2 aromatic rings. The van der Waals surface area contributed by atoms with Gasteiger partial charge in [-0.2, -0.15) is 5.26 Å². The zero-order chi connectivity index (χ0) is 10.7. The molecule has 74 valence electrons. The Bertz CT molecular complexity index is 494. The van der Waals surface area contributed by atoms with Crippen molar-refractivity contribution in [3.63, 3.8) is 0 Å². The van der Waals surface area contributed by atoms with Gasteiger partial charge in [0.1, 0.15) is 6.07 Å². The predicted molar refractivity (Wildman–Crippen MR) is 55.5 cm³/mol. The summed E-state index contributed by atoms with van der Waals surface area (Å²) < 4.78 is 1.61. The van der Waals surface area contributed by atoms with Crippen LogP contribution in [-0.2, 0) is 6.42 Å². The number of rotatable bonds is 2. The highest BCUT2D eigenvalue weighted by atomic mass is 15.4. The molecule has 0 unspecified atom stereocenters. The average Bonchev–Trinajstić information content (AvgIpc) is 2.81. The molecule has 0 spiro atoms. The topological polar surface area (TPSA) is 54.5 Å². The Morgan fingerprint density at radius 1 is 1.47 bits per heavy atom. The first kappa shape index (κ1) is 9.41. The molecule has 1 aromatic heterocycles. The van der Waals surface area contributed by atoms with Crippen LogP contribution >= 0.6 is 0 Å². The first-order valence-corrected chi connectivity index (χ1v) is 4.75. The third-order valence-corrected chi connectivity index (χ3v) is 2.29. The van der Waals surface area contributed by atoms with Crippen LogP contribution in [0.3, 0.4) is 0 Å². The lowest BCUT2D eigenvalue weighted by Gasteiger charge is -2.06. The summed E-state index contributed by atoms with van der Waals surface area (Å²) in [4.78, 5) is 0. The van der Waals surface area contributed by atoms with Crippen LogP contribution in [0, 0.1) is 11.3 Å². The molecule has 4 nitrogen and oxygen atoms in total. The molecule has 0 aliphatic heterocycles. The predicted octanol–water partition coefficient (Wildman–Crippen LogP) is 1.70. The van der Waals surface area contributed by atoms with Crippen LogP contribution < -0.4 is 0 Å². The van der Waals surface area contributed by atoms with Crippen LogP contribution in [0.1, 0.15) is 18.1 Å². The van der Waals surface area contributed by atoms with Crippen molar-refractivity contribution in [3.05, 3.63) is 41.7 Å². The fourth-order valence-corrected chi connectivity index (χ4v) is 1.54. The second kappa shape index (κ2) is 3.93. The number of nitrogens with zero attached hydrogens (tertiary/aromatic N) is 4. The largest absolute Gasteiger partial charge is 0.219 e.